The van der Waals surface area contributed by atoms with Crippen LogP contribution in [0.25, 0.3) is 0 Å². The minimum Gasteiger partial charge on any atom is -0.491 e. The maximum absolute atomic E-state index is 6.11. The highest BCUT2D eigenvalue weighted by Crippen LogP contribution is 2.34. The summed E-state index contributed by atoms with van der Waals surface area (Å²) < 4.78 is 6.11. The summed E-state index contributed by atoms with van der Waals surface area (Å²) in [6.07, 6.45) is 5.94. The van der Waals surface area contributed by atoms with Crippen molar-refractivity contribution in [1.29, 1.82) is 0 Å². The molecule has 0 bridgehead atoms. The number of ether oxygens (including phenoxy) is 1. The fourth-order valence-electron chi connectivity index (χ4n) is 2.54. The molecule has 1 rings (SSSR count). The molecule has 1 aromatic carbocycles. The molecule has 0 aromatic heterocycles. The average molecular weight is 309 g/mol. The second kappa shape index (κ2) is 7.58. The van der Waals surface area contributed by atoms with Crippen molar-refractivity contribution in [1.82, 2.24) is 0 Å². The fraction of sp³-hybridized carbons (Fsp3) is 0.684. The Balaban J connectivity index is 2.53. The third-order valence-electron chi connectivity index (χ3n) is 3.77. The van der Waals surface area contributed by atoms with Crippen molar-refractivity contribution in [3.05, 3.63) is 24.3 Å². The summed E-state index contributed by atoms with van der Waals surface area (Å²) in [4.78, 5) is 1.26. The molecule has 1 nitrogen and oxygen atoms in total. The molecule has 0 radical (unpaired) electrons. The van der Waals surface area contributed by atoms with Crippen LogP contribution in [-0.2, 0) is 0 Å². The molecule has 0 aliphatic carbocycles. The van der Waals surface area contributed by atoms with Crippen molar-refractivity contribution >= 4 is 11.8 Å². The maximum atomic E-state index is 6.11. The smallest absolute Gasteiger partial charge is 0.120 e. The second-order valence-corrected chi connectivity index (χ2v) is 8.92. The van der Waals surface area contributed by atoms with Crippen molar-refractivity contribution in [3.63, 3.8) is 0 Å². The molecule has 0 saturated heterocycles. The third-order valence-corrected chi connectivity index (χ3v) is 4.50. The highest BCUT2D eigenvalue weighted by atomic mass is 32.2. The van der Waals surface area contributed by atoms with Crippen LogP contribution in [0, 0.1) is 10.8 Å². The Morgan fingerprint density at radius 1 is 1.10 bits per heavy atom. The first-order chi connectivity index (χ1) is 9.61. The first kappa shape index (κ1) is 18.4. The van der Waals surface area contributed by atoms with Crippen molar-refractivity contribution in [2.75, 3.05) is 6.26 Å². The maximum Gasteiger partial charge on any atom is 0.120 e. The summed E-state index contributed by atoms with van der Waals surface area (Å²) in [7, 11) is 0. The topological polar surface area (TPSA) is 9.23 Å². The minimum absolute atomic E-state index is 0.247. The molecule has 120 valence electrons. The highest BCUT2D eigenvalue weighted by Gasteiger charge is 2.24. The fourth-order valence-corrected chi connectivity index (χ4v) is 2.99. The van der Waals surface area contributed by atoms with Crippen LogP contribution >= 0.6 is 11.8 Å². The van der Waals surface area contributed by atoms with E-state index in [9.17, 15) is 0 Å². The van der Waals surface area contributed by atoms with Crippen LogP contribution < -0.4 is 4.74 Å². The quantitative estimate of drug-likeness (QED) is 0.538. The lowest BCUT2D eigenvalue weighted by Crippen LogP contribution is -2.24. The molecule has 0 saturated carbocycles. The first-order valence-electron chi connectivity index (χ1n) is 7.92. The van der Waals surface area contributed by atoms with Gasteiger partial charge in [-0.1, -0.05) is 40.7 Å². The molecule has 0 N–H and O–H groups in total. The lowest BCUT2D eigenvalue weighted by atomic mass is 9.77. The largest absolute Gasteiger partial charge is 0.491 e. The molecule has 1 aromatic rings. The van der Waals surface area contributed by atoms with E-state index < -0.39 is 0 Å². The van der Waals surface area contributed by atoms with E-state index in [1.165, 1.54) is 17.7 Å². The zero-order valence-corrected chi connectivity index (χ0v) is 15.6. The van der Waals surface area contributed by atoms with Crippen molar-refractivity contribution in [2.45, 2.75) is 71.8 Å². The van der Waals surface area contributed by atoms with Gasteiger partial charge in [-0.25, -0.2) is 0 Å². The number of hydrogen-bond donors (Lipinski definition) is 0. The predicted octanol–water partition coefficient (Wildman–Crippen LogP) is 6.42. The number of thioether (sulfide) groups is 1. The van der Waals surface area contributed by atoms with E-state index >= 15 is 0 Å². The normalized spacial score (nSPS) is 14.0. The summed E-state index contributed by atoms with van der Waals surface area (Å²) in [6, 6.07) is 8.37. The standard InChI is InChI=1S/C19H32OS/c1-15(14-19(5,6)12-11-18(2,3)4)20-16-9-8-10-17(13-16)21-7/h8-10,13,15H,11-12,14H2,1-7H3. The van der Waals surface area contributed by atoms with Gasteiger partial charge in [0.2, 0.25) is 0 Å². The summed E-state index contributed by atoms with van der Waals surface area (Å²) in [6.45, 7) is 13.9. The highest BCUT2D eigenvalue weighted by molar-refractivity contribution is 7.98. The van der Waals surface area contributed by atoms with Gasteiger partial charge in [0.15, 0.2) is 0 Å². The van der Waals surface area contributed by atoms with Crippen LogP contribution in [-0.4, -0.2) is 12.4 Å². The van der Waals surface area contributed by atoms with E-state index in [0.29, 0.717) is 10.8 Å². The molecule has 0 aliphatic heterocycles. The Morgan fingerprint density at radius 3 is 2.33 bits per heavy atom. The van der Waals surface area contributed by atoms with E-state index in [4.69, 9.17) is 4.74 Å². The molecule has 2 heteroatoms. The van der Waals surface area contributed by atoms with Crippen molar-refractivity contribution in [3.8, 4) is 5.75 Å². The molecule has 0 fully saturated rings. The summed E-state index contributed by atoms with van der Waals surface area (Å²) in [5.41, 5.74) is 0.734. The number of rotatable bonds is 7. The monoisotopic (exact) mass is 308 g/mol. The Kier molecular flexibility index (Phi) is 6.65. The average Bonchev–Trinajstić information content (AvgIpc) is 2.35. The zero-order valence-electron chi connectivity index (χ0n) is 14.8. The summed E-state index contributed by atoms with van der Waals surface area (Å²) in [5.74, 6) is 0.987. The van der Waals surface area contributed by atoms with Crippen molar-refractivity contribution < 1.29 is 4.74 Å². The molecule has 0 heterocycles. The van der Waals surface area contributed by atoms with E-state index in [-0.39, 0.29) is 6.10 Å². The Hall–Kier alpha value is -0.630. The molecule has 1 atom stereocenters. The summed E-state index contributed by atoms with van der Waals surface area (Å²) >= 11 is 1.75. The van der Waals surface area contributed by atoms with E-state index in [2.05, 4.69) is 72.1 Å². The zero-order chi connectivity index (χ0) is 16.1. The van der Waals surface area contributed by atoms with Gasteiger partial charge in [0.25, 0.3) is 0 Å². The predicted molar refractivity (Wildman–Crippen MR) is 95.4 cm³/mol. The van der Waals surface area contributed by atoms with Gasteiger partial charge in [-0.05, 0) is 61.5 Å². The van der Waals surface area contributed by atoms with Gasteiger partial charge in [0.05, 0.1) is 6.10 Å². The van der Waals surface area contributed by atoms with Gasteiger partial charge >= 0.3 is 0 Å². The SMILES string of the molecule is CSc1cccc(OC(C)CC(C)(C)CCC(C)(C)C)c1. The number of hydrogen-bond acceptors (Lipinski definition) is 2. The lowest BCUT2D eigenvalue weighted by molar-refractivity contribution is 0.133. The van der Waals surface area contributed by atoms with E-state index in [1.807, 2.05) is 0 Å². The van der Waals surface area contributed by atoms with E-state index in [1.54, 1.807) is 11.8 Å². The van der Waals surface area contributed by atoms with Gasteiger partial charge in [-0.2, -0.15) is 0 Å². The van der Waals surface area contributed by atoms with Gasteiger partial charge in [0.1, 0.15) is 5.75 Å². The number of benzene rings is 1. The van der Waals surface area contributed by atoms with Crippen LogP contribution in [0.1, 0.15) is 60.8 Å². The Morgan fingerprint density at radius 2 is 1.76 bits per heavy atom. The molecule has 0 amide bonds. The van der Waals surface area contributed by atoms with Crippen LogP contribution in [0.3, 0.4) is 0 Å². The molecule has 1 unspecified atom stereocenters. The third kappa shape index (κ3) is 7.80. The molecule has 0 aliphatic rings. The van der Waals surface area contributed by atoms with Crippen LogP contribution in [0.2, 0.25) is 0 Å². The summed E-state index contributed by atoms with van der Waals surface area (Å²) in [5, 5.41) is 0. The van der Waals surface area contributed by atoms with E-state index in [0.717, 1.165) is 12.2 Å². The van der Waals surface area contributed by atoms with Gasteiger partial charge in [-0.3, -0.25) is 0 Å². The first-order valence-corrected chi connectivity index (χ1v) is 9.14. The molecule has 0 spiro atoms. The molecular weight excluding hydrogens is 276 g/mol. The lowest BCUT2D eigenvalue weighted by Gasteiger charge is -2.31. The Bertz CT molecular complexity index is 431. The minimum atomic E-state index is 0.247. The Labute approximate surface area is 135 Å². The van der Waals surface area contributed by atoms with Gasteiger partial charge in [0, 0.05) is 4.90 Å². The van der Waals surface area contributed by atoms with Crippen LogP contribution in [0.15, 0.2) is 29.2 Å². The van der Waals surface area contributed by atoms with Crippen molar-refractivity contribution in [2.24, 2.45) is 10.8 Å². The van der Waals surface area contributed by atoms with Gasteiger partial charge in [-0.15, -0.1) is 11.8 Å². The van der Waals surface area contributed by atoms with Gasteiger partial charge < -0.3 is 4.74 Å². The molecule has 21 heavy (non-hydrogen) atoms. The molecular formula is C19H32OS. The second-order valence-electron chi connectivity index (χ2n) is 8.04. The van der Waals surface area contributed by atoms with Crippen LogP contribution in [0.5, 0.6) is 5.75 Å². The van der Waals surface area contributed by atoms with Crippen LogP contribution in [0.4, 0.5) is 0 Å².